The fourth-order valence-corrected chi connectivity index (χ4v) is 1.99. The molecule has 0 fully saturated rings. The highest BCUT2D eigenvalue weighted by atomic mass is 16.2. The van der Waals surface area contributed by atoms with Crippen LogP contribution in [0.1, 0.15) is 18.1 Å². The summed E-state index contributed by atoms with van der Waals surface area (Å²) < 4.78 is 0. The molecule has 0 aliphatic carbocycles. The van der Waals surface area contributed by atoms with Crippen molar-refractivity contribution in [2.75, 3.05) is 6.54 Å². The molecule has 2 heteroatoms. The Labute approximate surface area is 120 Å². The Hall–Kier alpha value is -2.35. The van der Waals surface area contributed by atoms with Crippen LogP contribution in [0.15, 0.2) is 66.7 Å². The monoisotopic (exact) mass is 265 g/mol. The summed E-state index contributed by atoms with van der Waals surface area (Å²) in [5, 5.41) is 0. The van der Waals surface area contributed by atoms with Gasteiger partial charge < -0.3 is 4.90 Å². The molecular weight excluding hydrogens is 246 g/mol. The Morgan fingerprint density at radius 1 is 1.00 bits per heavy atom. The Bertz CT molecular complexity index is 560. The first-order valence-corrected chi connectivity index (χ1v) is 6.85. The van der Waals surface area contributed by atoms with E-state index in [4.69, 9.17) is 0 Å². The van der Waals surface area contributed by atoms with Gasteiger partial charge in [-0.2, -0.15) is 0 Å². The van der Waals surface area contributed by atoms with Crippen LogP contribution < -0.4 is 0 Å². The van der Waals surface area contributed by atoms with Gasteiger partial charge in [0.15, 0.2) is 0 Å². The number of nitrogens with zero attached hydrogens (tertiary/aromatic N) is 1. The van der Waals surface area contributed by atoms with Gasteiger partial charge in [0.05, 0.1) is 0 Å². The van der Waals surface area contributed by atoms with E-state index in [-0.39, 0.29) is 5.91 Å². The molecule has 0 radical (unpaired) electrons. The average molecular weight is 265 g/mol. The summed E-state index contributed by atoms with van der Waals surface area (Å²) in [5.74, 6) is 0.0419. The molecule has 0 aliphatic rings. The first-order valence-electron chi connectivity index (χ1n) is 6.85. The average Bonchev–Trinajstić information content (AvgIpc) is 2.52. The van der Waals surface area contributed by atoms with Crippen molar-refractivity contribution in [2.45, 2.75) is 13.5 Å². The quantitative estimate of drug-likeness (QED) is 0.754. The summed E-state index contributed by atoms with van der Waals surface area (Å²) in [6.45, 7) is 3.35. The summed E-state index contributed by atoms with van der Waals surface area (Å²) in [7, 11) is 0. The molecule has 0 heterocycles. The maximum atomic E-state index is 12.2. The second-order valence-corrected chi connectivity index (χ2v) is 4.58. The number of likely N-dealkylation sites (N-methyl/N-ethyl adjacent to an activating group) is 1. The zero-order valence-electron chi connectivity index (χ0n) is 11.7. The van der Waals surface area contributed by atoms with E-state index in [1.807, 2.05) is 78.6 Å². The third-order valence-electron chi connectivity index (χ3n) is 3.13. The van der Waals surface area contributed by atoms with Crippen molar-refractivity contribution in [1.29, 1.82) is 0 Å². The number of rotatable bonds is 5. The molecule has 0 saturated heterocycles. The highest BCUT2D eigenvalue weighted by Gasteiger charge is 2.08. The van der Waals surface area contributed by atoms with Crippen LogP contribution in [0, 0.1) is 0 Å². The maximum absolute atomic E-state index is 12.2. The van der Waals surface area contributed by atoms with Gasteiger partial charge in [-0.1, -0.05) is 60.7 Å². The minimum Gasteiger partial charge on any atom is -0.335 e. The SMILES string of the molecule is CCN(Cc1ccccc1)C(=O)/C=C/c1ccccc1. The molecular formula is C18H19NO. The lowest BCUT2D eigenvalue weighted by atomic mass is 10.2. The lowest BCUT2D eigenvalue weighted by molar-refractivity contribution is -0.126. The van der Waals surface area contributed by atoms with Gasteiger partial charge in [-0.15, -0.1) is 0 Å². The summed E-state index contributed by atoms with van der Waals surface area (Å²) >= 11 is 0. The van der Waals surface area contributed by atoms with Crippen molar-refractivity contribution in [3.05, 3.63) is 77.9 Å². The molecule has 2 aromatic carbocycles. The zero-order chi connectivity index (χ0) is 14.2. The smallest absolute Gasteiger partial charge is 0.246 e. The Morgan fingerprint density at radius 3 is 2.20 bits per heavy atom. The Balaban J connectivity index is 2.01. The van der Waals surface area contributed by atoms with E-state index in [1.165, 1.54) is 0 Å². The van der Waals surface area contributed by atoms with Crippen molar-refractivity contribution in [1.82, 2.24) is 4.90 Å². The number of hydrogen-bond donors (Lipinski definition) is 0. The summed E-state index contributed by atoms with van der Waals surface area (Å²) in [6, 6.07) is 19.9. The second-order valence-electron chi connectivity index (χ2n) is 4.58. The molecule has 2 nitrogen and oxygen atoms in total. The molecule has 2 aromatic rings. The molecule has 0 unspecified atom stereocenters. The highest BCUT2D eigenvalue weighted by Crippen LogP contribution is 2.06. The number of amides is 1. The van der Waals surface area contributed by atoms with Crippen LogP contribution in [-0.4, -0.2) is 17.4 Å². The van der Waals surface area contributed by atoms with Gasteiger partial charge in [-0.25, -0.2) is 0 Å². The van der Waals surface area contributed by atoms with E-state index in [9.17, 15) is 4.79 Å². The number of carbonyl (C=O) groups is 1. The third kappa shape index (κ3) is 4.09. The van der Waals surface area contributed by atoms with E-state index in [1.54, 1.807) is 6.08 Å². The lowest BCUT2D eigenvalue weighted by Crippen LogP contribution is -2.28. The predicted octanol–water partition coefficient (Wildman–Crippen LogP) is 3.75. The van der Waals surface area contributed by atoms with Crippen LogP contribution in [0.25, 0.3) is 6.08 Å². The normalized spacial score (nSPS) is 10.7. The Morgan fingerprint density at radius 2 is 1.60 bits per heavy atom. The maximum Gasteiger partial charge on any atom is 0.246 e. The first kappa shape index (κ1) is 14.1. The van der Waals surface area contributed by atoms with Crippen LogP contribution in [0.5, 0.6) is 0 Å². The van der Waals surface area contributed by atoms with Crippen molar-refractivity contribution < 1.29 is 4.79 Å². The van der Waals surface area contributed by atoms with Gasteiger partial charge in [0.1, 0.15) is 0 Å². The zero-order valence-corrected chi connectivity index (χ0v) is 11.7. The number of hydrogen-bond acceptors (Lipinski definition) is 1. The number of benzene rings is 2. The van der Waals surface area contributed by atoms with E-state index in [2.05, 4.69) is 0 Å². The molecule has 0 spiro atoms. The Kier molecular flexibility index (Phi) is 5.13. The van der Waals surface area contributed by atoms with Crippen LogP contribution >= 0.6 is 0 Å². The molecule has 0 N–H and O–H groups in total. The van der Waals surface area contributed by atoms with Gasteiger partial charge in [0.2, 0.25) is 5.91 Å². The largest absolute Gasteiger partial charge is 0.335 e. The molecule has 0 saturated carbocycles. The summed E-state index contributed by atoms with van der Waals surface area (Å²) in [4.78, 5) is 14.0. The molecule has 20 heavy (non-hydrogen) atoms. The van der Waals surface area contributed by atoms with Gasteiger partial charge in [0.25, 0.3) is 0 Å². The van der Waals surface area contributed by atoms with E-state index >= 15 is 0 Å². The molecule has 102 valence electrons. The summed E-state index contributed by atoms with van der Waals surface area (Å²) in [5.41, 5.74) is 2.19. The fraction of sp³-hybridized carbons (Fsp3) is 0.167. The van der Waals surface area contributed by atoms with Crippen molar-refractivity contribution in [3.8, 4) is 0 Å². The molecule has 1 amide bonds. The van der Waals surface area contributed by atoms with Crippen LogP contribution in [-0.2, 0) is 11.3 Å². The highest BCUT2D eigenvalue weighted by molar-refractivity contribution is 5.91. The van der Waals surface area contributed by atoms with Gasteiger partial charge in [-0.05, 0) is 24.1 Å². The molecule has 2 rings (SSSR count). The van der Waals surface area contributed by atoms with E-state index in [0.29, 0.717) is 13.1 Å². The molecule has 0 bridgehead atoms. The molecule has 0 aromatic heterocycles. The third-order valence-corrected chi connectivity index (χ3v) is 3.13. The van der Waals surface area contributed by atoms with Gasteiger partial charge in [-0.3, -0.25) is 4.79 Å². The molecule has 0 aliphatic heterocycles. The van der Waals surface area contributed by atoms with Crippen molar-refractivity contribution in [3.63, 3.8) is 0 Å². The van der Waals surface area contributed by atoms with E-state index in [0.717, 1.165) is 11.1 Å². The predicted molar refractivity (Wildman–Crippen MR) is 83.0 cm³/mol. The number of carbonyl (C=O) groups excluding carboxylic acids is 1. The first-order chi connectivity index (χ1) is 9.79. The van der Waals surface area contributed by atoms with Gasteiger partial charge >= 0.3 is 0 Å². The van der Waals surface area contributed by atoms with Crippen molar-refractivity contribution >= 4 is 12.0 Å². The minimum absolute atomic E-state index is 0.0419. The van der Waals surface area contributed by atoms with Crippen LogP contribution in [0.3, 0.4) is 0 Å². The fourth-order valence-electron chi connectivity index (χ4n) is 1.99. The van der Waals surface area contributed by atoms with Crippen LogP contribution in [0.4, 0.5) is 0 Å². The second kappa shape index (κ2) is 7.29. The lowest BCUT2D eigenvalue weighted by Gasteiger charge is -2.19. The van der Waals surface area contributed by atoms with Gasteiger partial charge in [0, 0.05) is 19.2 Å². The van der Waals surface area contributed by atoms with E-state index < -0.39 is 0 Å². The minimum atomic E-state index is 0.0419. The topological polar surface area (TPSA) is 20.3 Å². The molecule has 0 atom stereocenters. The standard InChI is InChI=1S/C18H19NO/c1-2-19(15-17-11-7-4-8-12-17)18(20)14-13-16-9-5-3-6-10-16/h3-14H,2,15H2,1H3/b14-13+. The van der Waals surface area contributed by atoms with Crippen LogP contribution in [0.2, 0.25) is 0 Å². The summed E-state index contributed by atoms with van der Waals surface area (Å²) in [6.07, 6.45) is 3.50. The van der Waals surface area contributed by atoms with Crippen molar-refractivity contribution in [2.24, 2.45) is 0 Å².